The number of aliphatic imine (C=N–C) groups is 1. The van der Waals surface area contributed by atoms with Gasteiger partial charge in [-0.2, -0.15) is 0 Å². The van der Waals surface area contributed by atoms with Gasteiger partial charge in [-0.1, -0.05) is 31.9 Å². The van der Waals surface area contributed by atoms with Gasteiger partial charge in [-0.3, -0.25) is 4.99 Å². The number of guanidine groups is 1. The summed E-state index contributed by atoms with van der Waals surface area (Å²) in [6, 6.07) is 6.82. The molecule has 21 heavy (non-hydrogen) atoms. The van der Waals surface area contributed by atoms with Gasteiger partial charge in [0.25, 0.3) is 0 Å². The molecule has 1 aliphatic rings. The van der Waals surface area contributed by atoms with E-state index >= 15 is 0 Å². The summed E-state index contributed by atoms with van der Waals surface area (Å²) in [6.45, 7) is 3.70. The van der Waals surface area contributed by atoms with Crippen molar-refractivity contribution in [1.29, 1.82) is 0 Å². The molecule has 0 atom stereocenters. The Morgan fingerprint density at radius 1 is 1.33 bits per heavy atom. The van der Waals surface area contributed by atoms with Crippen LogP contribution < -0.4 is 11.1 Å². The van der Waals surface area contributed by atoms with Crippen molar-refractivity contribution in [3.8, 4) is 0 Å². The summed E-state index contributed by atoms with van der Waals surface area (Å²) in [5.41, 5.74) is 7.12. The second kappa shape index (κ2) is 8.56. The number of halogens is 2. The van der Waals surface area contributed by atoms with Crippen molar-refractivity contribution in [2.24, 2.45) is 10.7 Å². The Kier molecular flexibility index (Phi) is 7.42. The summed E-state index contributed by atoms with van der Waals surface area (Å²) in [6.07, 6.45) is 5.64. The largest absolute Gasteiger partial charge is 0.370 e. The molecule has 2 rings (SSSR count). The predicted molar refractivity (Wildman–Crippen MR) is 96.7 cm³/mol. The van der Waals surface area contributed by atoms with Crippen LogP contribution in [-0.4, -0.2) is 19.0 Å². The van der Waals surface area contributed by atoms with Gasteiger partial charge in [-0.05, 0) is 37.0 Å². The van der Waals surface area contributed by atoms with Gasteiger partial charge in [0.2, 0.25) is 0 Å². The van der Waals surface area contributed by atoms with Gasteiger partial charge in [0.05, 0.1) is 6.54 Å². The first-order valence-corrected chi connectivity index (χ1v) is 7.46. The lowest BCUT2D eigenvalue weighted by Crippen LogP contribution is -2.40. The third kappa shape index (κ3) is 4.83. The number of hydrogen-bond donors (Lipinski definition) is 2. The zero-order valence-corrected chi connectivity index (χ0v) is 14.9. The van der Waals surface area contributed by atoms with Crippen LogP contribution in [0.4, 0.5) is 4.39 Å². The van der Waals surface area contributed by atoms with Crippen molar-refractivity contribution in [3.63, 3.8) is 0 Å². The van der Waals surface area contributed by atoms with E-state index in [-0.39, 0.29) is 35.2 Å². The predicted octanol–water partition coefficient (Wildman–Crippen LogP) is 3.57. The minimum atomic E-state index is -0.188. The Hall–Kier alpha value is -0.850. The third-order valence-electron chi connectivity index (χ3n) is 4.16. The van der Waals surface area contributed by atoms with Gasteiger partial charge in [0.1, 0.15) is 5.82 Å². The summed E-state index contributed by atoms with van der Waals surface area (Å²) in [5, 5.41) is 3.13. The first-order valence-electron chi connectivity index (χ1n) is 7.46. The highest BCUT2D eigenvalue weighted by Crippen LogP contribution is 2.43. The van der Waals surface area contributed by atoms with Crippen LogP contribution in [-0.2, 0) is 5.41 Å². The smallest absolute Gasteiger partial charge is 0.188 e. The molecular formula is C16H25FIN3. The quantitative estimate of drug-likeness (QED) is 0.329. The Morgan fingerprint density at radius 2 is 2.00 bits per heavy atom. The zero-order valence-electron chi connectivity index (χ0n) is 12.6. The summed E-state index contributed by atoms with van der Waals surface area (Å²) >= 11 is 0. The van der Waals surface area contributed by atoms with E-state index in [1.54, 1.807) is 0 Å². The highest BCUT2D eigenvalue weighted by atomic mass is 127. The van der Waals surface area contributed by atoms with E-state index < -0.39 is 0 Å². The molecule has 1 aromatic rings. The van der Waals surface area contributed by atoms with Gasteiger partial charge < -0.3 is 11.1 Å². The number of rotatable bonds is 6. The van der Waals surface area contributed by atoms with Crippen LogP contribution in [0.15, 0.2) is 29.3 Å². The highest BCUT2D eigenvalue weighted by molar-refractivity contribution is 14.0. The van der Waals surface area contributed by atoms with Crippen LogP contribution in [0.2, 0.25) is 0 Å². The average molecular weight is 405 g/mol. The van der Waals surface area contributed by atoms with Crippen molar-refractivity contribution < 1.29 is 4.39 Å². The van der Waals surface area contributed by atoms with Crippen molar-refractivity contribution in [2.45, 2.75) is 44.4 Å². The number of unbranched alkanes of at least 4 members (excludes halogenated alkanes) is 1. The fourth-order valence-electron chi connectivity index (χ4n) is 2.63. The number of nitrogens with one attached hydrogen (secondary N) is 1. The molecule has 5 heteroatoms. The fourth-order valence-corrected chi connectivity index (χ4v) is 2.63. The number of nitrogens with zero attached hydrogens (tertiary/aromatic N) is 1. The minimum absolute atomic E-state index is 0. The first-order chi connectivity index (χ1) is 9.66. The molecule has 0 aromatic heterocycles. The van der Waals surface area contributed by atoms with Crippen LogP contribution in [0.5, 0.6) is 0 Å². The monoisotopic (exact) mass is 405 g/mol. The Bertz CT molecular complexity index is 455. The Morgan fingerprint density at radius 3 is 2.52 bits per heavy atom. The van der Waals surface area contributed by atoms with Gasteiger partial charge in [0, 0.05) is 12.0 Å². The lowest BCUT2D eigenvalue weighted by Gasteiger charge is -2.41. The molecule has 3 N–H and O–H groups in total. The Balaban J connectivity index is 0.00000220. The summed E-state index contributed by atoms with van der Waals surface area (Å²) < 4.78 is 13.0. The fraction of sp³-hybridized carbons (Fsp3) is 0.562. The van der Waals surface area contributed by atoms with E-state index in [1.807, 2.05) is 12.1 Å². The van der Waals surface area contributed by atoms with Crippen LogP contribution in [0.3, 0.4) is 0 Å². The molecule has 0 saturated heterocycles. The van der Waals surface area contributed by atoms with Crippen molar-refractivity contribution >= 4 is 29.9 Å². The van der Waals surface area contributed by atoms with Gasteiger partial charge in [0.15, 0.2) is 5.96 Å². The second-order valence-electron chi connectivity index (χ2n) is 5.62. The van der Waals surface area contributed by atoms with Crippen LogP contribution in [0.25, 0.3) is 0 Å². The molecule has 0 aliphatic heterocycles. The van der Waals surface area contributed by atoms with Crippen molar-refractivity contribution in [3.05, 3.63) is 35.6 Å². The maximum Gasteiger partial charge on any atom is 0.188 e. The van der Waals surface area contributed by atoms with E-state index in [9.17, 15) is 4.39 Å². The van der Waals surface area contributed by atoms with Gasteiger partial charge in [-0.25, -0.2) is 4.39 Å². The van der Waals surface area contributed by atoms with Crippen LogP contribution in [0.1, 0.15) is 44.6 Å². The summed E-state index contributed by atoms with van der Waals surface area (Å²) in [4.78, 5) is 4.48. The molecule has 1 aliphatic carbocycles. The molecule has 3 nitrogen and oxygen atoms in total. The SMILES string of the molecule is CCCCNC(N)=NCC1(c2ccc(F)cc2)CCC1.I. The minimum Gasteiger partial charge on any atom is -0.370 e. The molecule has 0 unspecified atom stereocenters. The summed E-state index contributed by atoms with van der Waals surface area (Å²) in [7, 11) is 0. The van der Waals surface area contributed by atoms with Crippen molar-refractivity contribution in [1.82, 2.24) is 5.32 Å². The number of nitrogens with two attached hydrogens (primary N) is 1. The molecule has 0 radical (unpaired) electrons. The normalized spacial score (nSPS) is 16.8. The molecular weight excluding hydrogens is 380 g/mol. The average Bonchev–Trinajstić information content (AvgIpc) is 2.40. The first kappa shape index (κ1) is 18.2. The highest BCUT2D eigenvalue weighted by Gasteiger charge is 2.38. The molecule has 1 aromatic carbocycles. The van der Waals surface area contributed by atoms with E-state index in [2.05, 4.69) is 17.2 Å². The number of hydrogen-bond acceptors (Lipinski definition) is 1. The molecule has 0 bridgehead atoms. The van der Waals surface area contributed by atoms with E-state index in [1.165, 1.54) is 24.1 Å². The topological polar surface area (TPSA) is 50.4 Å². The maximum absolute atomic E-state index is 13.0. The van der Waals surface area contributed by atoms with Gasteiger partial charge in [-0.15, -0.1) is 24.0 Å². The van der Waals surface area contributed by atoms with E-state index in [0.29, 0.717) is 12.5 Å². The van der Waals surface area contributed by atoms with Crippen LogP contribution >= 0.6 is 24.0 Å². The second-order valence-corrected chi connectivity index (χ2v) is 5.62. The molecule has 0 heterocycles. The molecule has 0 spiro atoms. The number of benzene rings is 1. The molecule has 118 valence electrons. The third-order valence-corrected chi connectivity index (χ3v) is 4.16. The lowest BCUT2D eigenvalue weighted by atomic mass is 9.64. The van der Waals surface area contributed by atoms with E-state index in [0.717, 1.165) is 32.2 Å². The molecule has 1 fully saturated rings. The standard InChI is InChI=1S/C16H24FN3.HI/c1-2-3-11-19-15(18)20-12-16(9-4-10-16)13-5-7-14(17)8-6-13;/h5-8H,2-4,9-12H2,1H3,(H3,18,19,20);1H. The van der Waals surface area contributed by atoms with Gasteiger partial charge >= 0.3 is 0 Å². The lowest BCUT2D eigenvalue weighted by molar-refractivity contribution is 0.253. The summed E-state index contributed by atoms with van der Waals surface area (Å²) in [5.74, 6) is 0.333. The zero-order chi connectivity index (χ0) is 14.4. The maximum atomic E-state index is 13.0. The molecule has 0 amide bonds. The molecule has 1 saturated carbocycles. The van der Waals surface area contributed by atoms with Crippen molar-refractivity contribution in [2.75, 3.05) is 13.1 Å². The van der Waals surface area contributed by atoms with Crippen LogP contribution in [0, 0.1) is 5.82 Å². The van der Waals surface area contributed by atoms with E-state index in [4.69, 9.17) is 5.73 Å². The Labute approximate surface area is 143 Å².